The zero-order valence-corrected chi connectivity index (χ0v) is 11.0. The minimum absolute atomic E-state index is 0.126. The van der Waals surface area contributed by atoms with Crippen molar-refractivity contribution in [1.82, 2.24) is 0 Å². The molecule has 0 radical (unpaired) electrons. The van der Waals surface area contributed by atoms with Crippen LogP contribution in [-0.2, 0) is 9.59 Å². The third kappa shape index (κ3) is 5.71. The summed E-state index contributed by atoms with van der Waals surface area (Å²) in [4.78, 5) is 21.9. The Morgan fingerprint density at radius 2 is 2.11 bits per heavy atom. The molecule has 0 fully saturated rings. The monoisotopic (exact) mass is 286 g/mol. The first-order valence-corrected chi connectivity index (χ1v) is 6.76. The summed E-state index contributed by atoms with van der Waals surface area (Å²) < 4.78 is 13.2. The summed E-state index contributed by atoms with van der Waals surface area (Å²) in [5, 5.41) is 11.0. The van der Waals surface area contributed by atoms with Crippen LogP contribution in [0.5, 0.6) is 0 Å². The smallest absolute Gasteiger partial charge is 0.320 e. The summed E-state index contributed by atoms with van der Waals surface area (Å²) in [5.74, 6) is -1.30. The Kier molecular flexibility index (Phi) is 6.31. The lowest BCUT2D eigenvalue weighted by Gasteiger charge is -2.07. The maximum atomic E-state index is 13.2. The van der Waals surface area contributed by atoms with Crippen LogP contribution in [0.15, 0.2) is 24.3 Å². The van der Waals surface area contributed by atoms with Gasteiger partial charge in [-0.1, -0.05) is 12.1 Å². The molecule has 1 aromatic carbocycles. The normalized spacial score (nSPS) is 11.9. The van der Waals surface area contributed by atoms with E-state index in [-0.39, 0.29) is 23.8 Å². The molecule has 0 bridgehead atoms. The number of anilines is 1. The minimum Gasteiger partial charge on any atom is -0.480 e. The predicted molar refractivity (Wildman–Crippen MR) is 72.6 cm³/mol. The number of hydrogen-bond acceptors (Lipinski definition) is 4. The number of carbonyl (C=O) groups is 2. The number of rotatable bonds is 7. The van der Waals surface area contributed by atoms with Crippen LogP contribution in [0.4, 0.5) is 10.1 Å². The average molecular weight is 286 g/mol. The fraction of sp³-hybridized carbons (Fsp3) is 0.333. The van der Waals surface area contributed by atoms with Gasteiger partial charge in [-0.15, -0.1) is 0 Å². The Balaban J connectivity index is 2.26. The third-order valence-electron chi connectivity index (χ3n) is 2.27. The van der Waals surface area contributed by atoms with E-state index < -0.39 is 17.8 Å². The molecule has 0 aliphatic carbocycles. The molecule has 1 atom stereocenters. The van der Waals surface area contributed by atoms with Crippen molar-refractivity contribution in [2.24, 2.45) is 5.73 Å². The molecule has 0 aliphatic heterocycles. The van der Waals surface area contributed by atoms with Crippen molar-refractivity contribution in [3.63, 3.8) is 0 Å². The van der Waals surface area contributed by atoms with E-state index >= 15 is 0 Å². The first-order valence-electron chi connectivity index (χ1n) is 5.61. The summed E-state index contributed by atoms with van der Waals surface area (Å²) in [6, 6.07) is 4.97. The molecule has 0 spiro atoms. The van der Waals surface area contributed by atoms with Crippen molar-refractivity contribution in [3.05, 3.63) is 30.1 Å². The molecule has 1 amide bonds. The molecule has 104 valence electrons. The molecule has 0 aromatic heterocycles. The number of hydrogen-bond donors (Lipinski definition) is 3. The number of carboxylic acid groups (broad SMARTS) is 1. The highest BCUT2D eigenvalue weighted by Gasteiger charge is 2.11. The summed E-state index contributed by atoms with van der Waals surface area (Å²) in [6.07, 6.45) is 0.285. The van der Waals surface area contributed by atoms with Gasteiger partial charge in [-0.25, -0.2) is 4.39 Å². The number of nitrogens with two attached hydrogens (primary N) is 1. The van der Waals surface area contributed by atoms with Crippen LogP contribution < -0.4 is 11.1 Å². The van der Waals surface area contributed by atoms with E-state index in [9.17, 15) is 14.0 Å². The maximum absolute atomic E-state index is 13.2. The van der Waals surface area contributed by atoms with Gasteiger partial charge < -0.3 is 16.2 Å². The zero-order chi connectivity index (χ0) is 14.3. The van der Waals surface area contributed by atoms with Gasteiger partial charge in [0.15, 0.2) is 0 Å². The minimum atomic E-state index is -1.06. The van der Waals surface area contributed by atoms with Crippen LogP contribution in [0, 0.1) is 5.82 Å². The second-order valence-corrected chi connectivity index (χ2v) is 4.92. The Morgan fingerprint density at radius 3 is 2.74 bits per heavy atom. The van der Waals surface area contributed by atoms with Gasteiger partial charge in [0.1, 0.15) is 11.9 Å². The van der Waals surface area contributed by atoms with Crippen molar-refractivity contribution >= 4 is 29.3 Å². The number of aliphatic carboxylic acids is 1. The number of carboxylic acids is 1. The van der Waals surface area contributed by atoms with Crippen molar-refractivity contribution in [1.29, 1.82) is 0 Å². The molecule has 0 heterocycles. The number of carbonyl (C=O) groups excluding carboxylic acids is 1. The van der Waals surface area contributed by atoms with Gasteiger partial charge in [0.2, 0.25) is 5.91 Å². The summed E-state index contributed by atoms with van der Waals surface area (Å²) in [7, 11) is 0. The molecular weight excluding hydrogens is 271 g/mol. The van der Waals surface area contributed by atoms with Crippen molar-refractivity contribution in [2.45, 2.75) is 12.5 Å². The number of amides is 1. The predicted octanol–water partition coefficient (Wildman–Crippen LogP) is 1.30. The van der Waals surface area contributed by atoms with Gasteiger partial charge >= 0.3 is 5.97 Å². The molecule has 7 heteroatoms. The largest absolute Gasteiger partial charge is 0.480 e. The quantitative estimate of drug-likeness (QED) is 0.657. The number of halogens is 1. The summed E-state index contributed by atoms with van der Waals surface area (Å²) in [5.41, 5.74) is 5.45. The van der Waals surface area contributed by atoms with E-state index in [4.69, 9.17) is 10.8 Å². The number of para-hydroxylation sites is 1. The van der Waals surface area contributed by atoms with E-state index in [1.54, 1.807) is 6.07 Å². The molecule has 4 N–H and O–H groups in total. The summed E-state index contributed by atoms with van der Waals surface area (Å²) in [6.45, 7) is 0. The second kappa shape index (κ2) is 7.75. The van der Waals surface area contributed by atoms with Crippen LogP contribution >= 0.6 is 11.8 Å². The highest BCUT2D eigenvalue weighted by molar-refractivity contribution is 7.99. The average Bonchev–Trinajstić information content (AvgIpc) is 2.37. The number of benzene rings is 1. The molecule has 0 saturated carbocycles. The number of thioether (sulfide) groups is 1. The van der Waals surface area contributed by atoms with E-state index in [2.05, 4.69) is 5.32 Å². The molecule has 5 nitrogen and oxygen atoms in total. The van der Waals surface area contributed by atoms with E-state index in [0.29, 0.717) is 5.75 Å². The standard InChI is InChI=1S/C12H15FN2O3S/c13-8-3-1-2-4-10(8)15-11(16)7-19-6-5-9(14)12(17)18/h1-4,9H,5-7,14H2,(H,15,16)(H,17,18). The second-order valence-electron chi connectivity index (χ2n) is 3.81. The number of nitrogens with one attached hydrogen (secondary N) is 1. The van der Waals surface area contributed by atoms with Gasteiger partial charge in [-0.05, 0) is 24.3 Å². The first-order chi connectivity index (χ1) is 9.00. The fourth-order valence-electron chi connectivity index (χ4n) is 1.25. The lowest BCUT2D eigenvalue weighted by atomic mass is 10.2. The Labute approximate surface area is 114 Å². The Hall–Kier alpha value is -1.60. The molecule has 19 heavy (non-hydrogen) atoms. The highest BCUT2D eigenvalue weighted by atomic mass is 32.2. The van der Waals surface area contributed by atoms with Crippen LogP contribution in [0.3, 0.4) is 0 Å². The topological polar surface area (TPSA) is 92.4 Å². The Bertz CT molecular complexity index is 456. The third-order valence-corrected chi connectivity index (χ3v) is 3.26. The van der Waals surface area contributed by atoms with E-state index in [0.717, 1.165) is 0 Å². The SMILES string of the molecule is NC(CCSCC(=O)Nc1ccccc1F)C(=O)O. The molecule has 1 aromatic rings. The van der Waals surface area contributed by atoms with Crippen LogP contribution in [0.1, 0.15) is 6.42 Å². The molecule has 1 rings (SSSR count). The lowest BCUT2D eigenvalue weighted by molar-refractivity contribution is -0.138. The van der Waals surface area contributed by atoms with Gasteiger partial charge in [0.05, 0.1) is 11.4 Å². The van der Waals surface area contributed by atoms with Crippen LogP contribution in [-0.4, -0.2) is 34.5 Å². The van der Waals surface area contributed by atoms with Gasteiger partial charge in [-0.3, -0.25) is 9.59 Å². The molecule has 1 unspecified atom stereocenters. The lowest BCUT2D eigenvalue weighted by Crippen LogP contribution is -2.30. The first kappa shape index (κ1) is 15.5. The van der Waals surface area contributed by atoms with Gasteiger partial charge in [0.25, 0.3) is 0 Å². The van der Waals surface area contributed by atoms with Crippen molar-refractivity contribution in [2.75, 3.05) is 16.8 Å². The van der Waals surface area contributed by atoms with E-state index in [1.165, 1.54) is 30.0 Å². The highest BCUT2D eigenvalue weighted by Crippen LogP contribution is 2.13. The zero-order valence-electron chi connectivity index (χ0n) is 10.1. The van der Waals surface area contributed by atoms with Gasteiger partial charge in [0, 0.05) is 0 Å². The summed E-state index contributed by atoms with van der Waals surface area (Å²) >= 11 is 1.25. The van der Waals surface area contributed by atoms with E-state index in [1.807, 2.05) is 0 Å². The molecule has 0 aliphatic rings. The molecule has 0 saturated heterocycles. The fourth-order valence-corrected chi connectivity index (χ4v) is 2.07. The maximum Gasteiger partial charge on any atom is 0.320 e. The Morgan fingerprint density at radius 1 is 1.42 bits per heavy atom. The van der Waals surface area contributed by atoms with Crippen molar-refractivity contribution < 1.29 is 19.1 Å². The van der Waals surface area contributed by atoms with Crippen LogP contribution in [0.2, 0.25) is 0 Å². The van der Waals surface area contributed by atoms with Crippen LogP contribution in [0.25, 0.3) is 0 Å². The molecular formula is C12H15FN2O3S. The van der Waals surface area contributed by atoms with Gasteiger partial charge in [-0.2, -0.15) is 11.8 Å². The van der Waals surface area contributed by atoms with Crippen molar-refractivity contribution in [3.8, 4) is 0 Å².